The van der Waals surface area contributed by atoms with E-state index in [0.29, 0.717) is 5.92 Å². The van der Waals surface area contributed by atoms with E-state index in [9.17, 15) is 5.11 Å². The highest BCUT2D eigenvalue weighted by Crippen LogP contribution is 2.26. The summed E-state index contributed by atoms with van der Waals surface area (Å²) in [5, 5.41) is 13.0. The molecule has 18 heavy (non-hydrogen) atoms. The summed E-state index contributed by atoms with van der Waals surface area (Å²) in [6.07, 6.45) is 0. The van der Waals surface area contributed by atoms with Crippen LogP contribution < -0.4 is 10.2 Å². The molecule has 1 saturated heterocycles. The Labute approximate surface area is 110 Å². The van der Waals surface area contributed by atoms with E-state index < -0.39 is 0 Å². The maximum atomic E-state index is 9.61. The minimum Gasteiger partial charge on any atom is -0.394 e. The second kappa shape index (κ2) is 5.72. The molecule has 0 aromatic heterocycles. The van der Waals surface area contributed by atoms with Crippen LogP contribution in [0.5, 0.6) is 0 Å². The summed E-state index contributed by atoms with van der Waals surface area (Å²) in [7, 11) is 0. The van der Waals surface area contributed by atoms with E-state index in [2.05, 4.69) is 49.2 Å². The first-order chi connectivity index (χ1) is 8.63. The van der Waals surface area contributed by atoms with E-state index >= 15 is 0 Å². The predicted octanol–water partition coefficient (Wildman–Crippen LogP) is 1.71. The molecular weight excluding hydrogens is 224 g/mol. The lowest BCUT2D eigenvalue weighted by molar-refractivity contribution is 0.259. The van der Waals surface area contributed by atoms with E-state index in [1.165, 1.54) is 16.8 Å². The van der Waals surface area contributed by atoms with Gasteiger partial charge in [-0.2, -0.15) is 0 Å². The highest BCUT2D eigenvalue weighted by molar-refractivity contribution is 5.57. The minimum absolute atomic E-state index is 0.176. The molecule has 0 spiro atoms. The molecule has 3 heteroatoms. The first-order valence-electron chi connectivity index (χ1n) is 6.78. The molecule has 0 bridgehead atoms. The fourth-order valence-electron chi connectivity index (χ4n) is 2.66. The van der Waals surface area contributed by atoms with Gasteiger partial charge in [0.15, 0.2) is 0 Å². The molecule has 1 aliphatic heterocycles. The number of benzene rings is 1. The number of nitrogens with one attached hydrogen (secondary N) is 1. The maximum Gasteiger partial charge on any atom is 0.0647 e. The van der Waals surface area contributed by atoms with Gasteiger partial charge in [-0.15, -0.1) is 0 Å². The van der Waals surface area contributed by atoms with Gasteiger partial charge in [0.1, 0.15) is 0 Å². The third-order valence-corrected chi connectivity index (χ3v) is 3.92. The molecule has 0 radical (unpaired) electrons. The van der Waals surface area contributed by atoms with Gasteiger partial charge in [-0.3, -0.25) is 0 Å². The van der Waals surface area contributed by atoms with Gasteiger partial charge in [0.05, 0.1) is 12.6 Å². The lowest BCUT2D eigenvalue weighted by Crippen LogP contribution is -2.43. The van der Waals surface area contributed by atoms with Gasteiger partial charge in [-0.25, -0.2) is 0 Å². The third-order valence-electron chi connectivity index (χ3n) is 3.92. The van der Waals surface area contributed by atoms with E-state index in [4.69, 9.17) is 0 Å². The minimum atomic E-state index is 0.176. The molecule has 2 atom stereocenters. The summed E-state index contributed by atoms with van der Waals surface area (Å²) in [6.45, 7) is 9.65. The predicted molar refractivity (Wildman–Crippen MR) is 76.2 cm³/mol. The van der Waals surface area contributed by atoms with Crippen LogP contribution in [-0.2, 0) is 0 Å². The van der Waals surface area contributed by atoms with Crippen LogP contribution in [0.15, 0.2) is 18.2 Å². The Balaban J connectivity index is 2.34. The summed E-state index contributed by atoms with van der Waals surface area (Å²) in [5.41, 5.74) is 3.91. The molecule has 1 aromatic carbocycles. The summed E-state index contributed by atoms with van der Waals surface area (Å²) in [5.74, 6) is 0.599. The van der Waals surface area contributed by atoms with Crippen molar-refractivity contribution in [3.8, 4) is 0 Å². The van der Waals surface area contributed by atoms with Gasteiger partial charge in [0, 0.05) is 18.8 Å². The van der Waals surface area contributed by atoms with Crippen LogP contribution in [0.2, 0.25) is 0 Å². The van der Waals surface area contributed by atoms with Crippen molar-refractivity contribution in [3.05, 3.63) is 29.3 Å². The lowest BCUT2D eigenvalue weighted by Gasteiger charge is -2.33. The third kappa shape index (κ3) is 2.68. The molecule has 1 aliphatic rings. The van der Waals surface area contributed by atoms with Crippen LogP contribution in [0.1, 0.15) is 18.1 Å². The average molecular weight is 248 g/mol. The number of rotatable bonds is 2. The first-order valence-corrected chi connectivity index (χ1v) is 6.78. The maximum absolute atomic E-state index is 9.61. The highest BCUT2D eigenvalue weighted by atomic mass is 16.3. The molecule has 2 N–H and O–H groups in total. The standard InChI is InChI=1S/C15H24N2O/c1-11-7-16-8-14(10-18)17(9-11)15-6-4-5-12(2)13(15)3/h4-6,11,14,16,18H,7-10H2,1-3H3. The fourth-order valence-corrected chi connectivity index (χ4v) is 2.66. The number of hydrogen-bond acceptors (Lipinski definition) is 3. The molecule has 2 unspecified atom stereocenters. The SMILES string of the molecule is Cc1cccc(N2CC(C)CNCC2CO)c1C. The number of aliphatic hydroxyl groups excluding tert-OH is 1. The second-order valence-corrected chi connectivity index (χ2v) is 5.47. The highest BCUT2D eigenvalue weighted by Gasteiger charge is 2.24. The normalized spacial score (nSPS) is 25.0. The quantitative estimate of drug-likeness (QED) is 0.836. The Kier molecular flexibility index (Phi) is 4.25. The van der Waals surface area contributed by atoms with Gasteiger partial charge in [-0.05, 0) is 43.5 Å². The molecule has 1 heterocycles. The summed E-state index contributed by atoms with van der Waals surface area (Å²) >= 11 is 0. The fraction of sp³-hybridized carbons (Fsp3) is 0.600. The monoisotopic (exact) mass is 248 g/mol. The zero-order valence-electron chi connectivity index (χ0n) is 11.6. The molecule has 2 rings (SSSR count). The molecule has 0 saturated carbocycles. The number of aliphatic hydroxyl groups is 1. The Hall–Kier alpha value is -1.06. The topological polar surface area (TPSA) is 35.5 Å². The van der Waals surface area contributed by atoms with Crippen LogP contribution in [-0.4, -0.2) is 37.4 Å². The molecule has 3 nitrogen and oxygen atoms in total. The van der Waals surface area contributed by atoms with E-state index in [0.717, 1.165) is 19.6 Å². The Morgan fingerprint density at radius 1 is 1.33 bits per heavy atom. The molecular formula is C15H24N2O. The largest absolute Gasteiger partial charge is 0.394 e. The van der Waals surface area contributed by atoms with Gasteiger partial charge >= 0.3 is 0 Å². The summed E-state index contributed by atoms with van der Waals surface area (Å²) in [4.78, 5) is 2.37. The number of aryl methyl sites for hydroxylation is 1. The molecule has 0 amide bonds. The molecule has 1 aromatic rings. The second-order valence-electron chi connectivity index (χ2n) is 5.47. The molecule has 100 valence electrons. The van der Waals surface area contributed by atoms with E-state index in [1.807, 2.05) is 0 Å². The molecule has 1 fully saturated rings. The van der Waals surface area contributed by atoms with E-state index in [1.54, 1.807) is 0 Å². The Morgan fingerprint density at radius 2 is 2.11 bits per heavy atom. The van der Waals surface area contributed by atoms with E-state index in [-0.39, 0.29) is 12.6 Å². The average Bonchev–Trinajstić information content (AvgIpc) is 2.54. The number of anilines is 1. The Bertz CT molecular complexity index is 405. The van der Waals surface area contributed by atoms with Crippen molar-refractivity contribution in [1.82, 2.24) is 5.32 Å². The Morgan fingerprint density at radius 3 is 2.83 bits per heavy atom. The van der Waals surface area contributed by atoms with Crippen LogP contribution in [0, 0.1) is 19.8 Å². The van der Waals surface area contributed by atoms with Crippen molar-refractivity contribution in [1.29, 1.82) is 0 Å². The smallest absolute Gasteiger partial charge is 0.0647 e. The van der Waals surface area contributed by atoms with Crippen LogP contribution in [0.25, 0.3) is 0 Å². The van der Waals surface area contributed by atoms with Crippen LogP contribution in [0.3, 0.4) is 0 Å². The zero-order valence-corrected chi connectivity index (χ0v) is 11.6. The van der Waals surface area contributed by atoms with Gasteiger partial charge in [0.2, 0.25) is 0 Å². The number of hydrogen-bond donors (Lipinski definition) is 2. The molecule has 0 aliphatic carbocycles. The number of nitrogens with zero attached hydrogens (tertiary/aromatic N) is 1. The lowest BCUT2D eigenvalue weighted by atomic mass is 10.0. The van der Waals surface area contributed by atoms with Crippen LogP contribution in [0.4, 0.5) is 5.69 Å². The van der Waals surface area contributed by atoms with Crippen molar-refractivity contribution < 1.29 is 5.11 Å². The van der Waals surface area contributed by atoms with Gasteiger partial charge < -0.3 is 15.3 Å². The summed E-state index contributed by atoms with van der Waals surface area (Å²) < 4.78 is 0. The van der Waals surface area contributed by atoms with Crippen molar-refractivity contribution in [2.24, 2.45) is 5.92 Å². The van der Waals surface area contributed by atoms with Crippen molar-refractivity contribution in [2.75, 3.05) is 31.1 Å². The van der Waals surface area contributed by atoms with Gasteiger partial charge in [-0.1, -0.05) is 19.1 Å². The van der Waals surface area contributed by atoms with Crippen molar-refractivity contribution >= 4 is 5.69 Å². The zero-order chi connectivity index (χ0) is 13.1. The van der Waals surface area contributed by atoms with Crippen molar-refractivity contribution in [3.63, 3.8) is 0 Å². The van der Waals surface area contributed by atoms with Crippen molar-refractivity contribution in [2.45, 2.75) is 26.8 Å². The first kappa shape index (κ1) is 13.4. The summed E-state index contributed by atoms with van der Waals surface area (Å²) in [6, 6.07) is 6.60. The van der Waals surface area contributed by atoms with Crippen LogP contribution >= 0.6 is 0 Å². The van der Waals surface area contributed by atoms with Gasteiger partial charge in [0.25, 0.3) is 0 Å².